The van der Waals surface area contributed by atoms with Crippen LogP contribution in [0.25, 0.3) is 11.1 Å². The third-order valence-electron chi connectivity index (χ3n) is 8.40. The SMILES string of the molecule is C[Si](C)(C1C2=C(CCCC2)c2ccccc21)C1C2=C(CCCC2)c2ccccc21. The molecule has 2 aromatic carbocycles. The minimum atomic E-state index is -1.67. The van der Waals surface area contributed by atoms with Gasteiger partial charge in [-0.25, -0.2) is 0 Å². The Bertz CT molecular complexity index is 968. The average Bonchev–Trinajstić information content (AvgIpc) is 3.28. The molecule has 4 aliphatic rings. The first-order valence-electron chi connectivity index (χ1n) is 11.8. The molecule has 4 aliphatic carbocycles. The Morgan fingerprint density at radius 3 is 1.48 bits per heavy atom. The molecule has 2 aromatic rings. The minimum absolute atomic E-state index is 0.709. The van der Waals surface area contributed by atoms with Crippen molar-refractivity contribution < 1.29 is 0 Å². The van der Waals surface area contributed by atoms with Crippen LogP contribution in [0.15, 0.2) is 59.7 Å². The van der Waals surface area contributed by atoms with E-state index in [1.807, 2.05) is 11.1 Å². The average molecular weight is 397 g/mol. The molecule has 6 rings (SSSR count). The topological polar surface area (TPSA) is 0 Å². The first-order valence-corrected chi connectivity index (χ1v) is 15.0. The summed E-state index contributed by atoms with van der Waals surface area (Å²) in [4.78, 5) is 0. The van der Waals surface area contributed by atoms with Gasteiger partial charge >= 0.3 is 0 Å². The van der Waals surface area contributed by atoms with Crippen molar-refractivity contribution in [3.63, 3.8) is 0 Å². The van der Waals surface area contributed by atoms with Crippen LogP contribution in [0, 0.1) is 0 Å². The first kappa shape index (κ1) is 17.9. The Labute approximate surface area is 176 Å². The van der Waals surface area contributed by atoms with Crippen molar-refractivity contribution in [3.05, 3.63) is 81.9 Å². The van der Waals surface area contributed by atoms with E-state index in [0.29, 0.717) is 11.1 Å². The number of hydrogen-bond donors (Lipinski definition) is 0. The van der Waals surface area contributed by atoms with E-state index >= 15 is 0 Å². The van der Waals surface area contributed by atoms with E-state index in [4.69, 9.17) is 0 Å². The van der Waals surface area contributed by atoms with Gasteiger partial charge in [0.1, 0.15) is 0 Å². The fourth-order valence-electron chi connectivity index (χ4n) is 7.40. The number of hydrogen-bond acceptors (Lipinski definition) is 0. The fraction of sp³-hybridized carbons (Fsp3) is 0.429. The van der Waals surface area contributed by atoms with Gasteiger partial charge in [-0.15, -0.1) is 0 Å². The largest absolute Gasteiger partial charge is 0.0722 e. The fourth-order valence-corrected chi connectivity index (χ4v) is 12.3. The van der Waals surface area contributed by atoms with Crippen molar-refractivity contribution in [1.29, 1.82) is 0 Å². The molecule has 0 aliphatic heterocycles. The van der Waals surface area contributed by atoms with Crippen LogP contribution in [0.5, 0.6) is 0 Å². The normalized spacial score (nSPS) is 25.6. The standard InChI is InChI=1S/C28H32Si/c1-29(2,27-23-15-7-3-11-19(23)20-12-4-8-16-24(20)27)28-25-17-9-5-13-21(25)22-14-6-10-18-26(22)28/h3,5,7,9,11,13,15,17,27-28H,4,6,8,10,12,14,16,18H2,1-2H3. The van der Waals surface area contributed by atoms with E-state index in [1.54, 1.807) is 33.4 Å². The third kappa shape index (κ3) is 2.49. The van der Waals surface area contributed by atoms with Crippen molar-refractivity contribution in [2.24, 2.45) is 0 Å². The summed E-state index contributed by atoms with van der Waals surface area (Å²) in [5.41, 5.74) is 15.2. The number of allylic oxidation sites excluding steroid dienone is 4. The van der Waals surface area contributed by atoms with Gasteiger partial charge in [0.05, 0.1) is 8.07 Å². The van der Waals surface area contributed by atoms with Gasteiger partial charge in [0.25, 0.3) is 0 Å². The van der Waals surface area contributed by atoms with Crippen LogP contribution in [-0.2, 0) is 0 Å². The molecule has 0 spiro atoms. The van der Waals surface area contributed by atoms with E-state index in [0.717, 1.165) is 0 Å². The molecule has 1 heteroatoms. The lowest BCUT2D eigenvalue weighted by atomic mass is 9.92. The van der Waals surface area contributed by atoms with E-state index < -0.39 is 8.07 Å². The Morgan fingerprint density at radius 2 is 1.00 bits per heavy atom. The van der Waals surface area contributed by atoms with Crippen LogP contribution >= 0.6 is 0 Å². The molecule has 0 N–H and O–H groups in total. The van der Waals surface area contributed by atoms with Gasteiger partial charge < -0.3 is 0 Å². The van der Waals surface area contributed by atoms with Crippen LogP contribution in [-0.4, -0.2) is 8.07 Å². The van der Waals surface area contributed by atoms with Crippen molar-refractivity contribution in [1.82, 2.24) is 0 Å². The molecule has 29 heavy (non-hydrogen) atoms. The maximum absolute atomic E-state index is 2.73. The summed E-state index contributed by atoms with van der Waals surface area (Å²) in [5.74, 6) is 0. The molecular weight excluding hydrogens is 364 g/mol. The molecule has 0 aromatic heterocycles. The summed E-state index contributed by atoms with van der Waals surface area (Å²) in [6, 6.07) is 18.9. The lowest BCUT2D eigenvalue weighted by Gasteiger charge is -2.41. The van der Waals surface area contributed by atoms with Crippen molar-refractivity contribution >= 4 is 19.2 Å². The van der Waals surface area contributed by atoms with E-state index in [2.05, 4.69) is 61.6 Å². The zero-order valence-corrected chi connectivity index (χ0v) is 18.9. The van der Waals surface area contributed by atoms with Gasteiger partial charge in [-0.2, -0.15) is 0 Å². The Morgan fingerprint density at radius 1 is 0.586 bits per heavy atom. The summed E-state index contributed by atoms with van der Waals surface area (Å²) >= 11 is 0. The monoisotopic (exact) mass is 396 g/mol. The molecular formula is C28H32Si. The van der Waals surface area contributed by atoms with Gasteiger partial charge in [-0.05, 0) is 84.8 Å². The van der Waals surface area contributed by atoms with E-state index in [1.165, 1.54) is 51.4 Å². The van der Waals surface area contributed by atoms with Crippen LogP contribution < -0.4 is 0 Å². The second-order valence-corrected chi connectivity index (χ2v) is 15.1. The second-order valence-electron chi connectivity index (χ2n) is 10.3. The summed E-state index contributed by atoms with van der Waals surface area (Å²) < 4.78 is 0. The first-order chi connectivity index (χ1) is 14.2. The van der Waals surface area contributed by atoms with Crippen LogP contribution in [0.1, 0.15) is 84.7 Å². The second kappa shape index (κ2) is 6.57. The zero-order valence-electron chi connectivity index (χ0n) is 17.9. The predicted molar refractivity (Wildman–Crippen MR) is 127 cm³/mol. The quantitative estimate of drug-likeness (QED) is 0.451. The van der Waals surface area contributed by atoms with Gasteiger partial charge in [0, 0.05) is 11.1 Å². The highest BCUT2D eigenvalue weighted by molar-refractivity contribution is 6.82. The molecule has 0 saturated carbocycles. The Hall–Kier alpha value is -1.86. The minimum Gasteiger partial charge on any atom is -0.0679 e. The van der Waals surface area contributed by atoms with Crippen molar-refractivity contribution in [2.45, 2.75) is 75.5 Å². The number of fused-ring (bicyclic) bond motifs is 4. The van der Waals surface area contributed by atoms with Gasteiger partial charge in [0.2, 0.25) is 0 Å². The molecule has 0 nitrogen and oxygen atoms in total. The summed E-state index contributed by atoms with van der Waals surface area (Å²) in [6.07, 6.45) is 10.8. The zero-order chi connectivity index (χ0) is 19.6. The number of benzene rings is 2. The lowest BCUT2D eigenvalue weighted by Crippen LogP contribution is -2.43. The molecule has 0 heterocycles. The highest BCUT2D eigenvalue weighted by atomic mass is 28.3. The van der Waals surface area contributed by atoms with Crippen LogP contribution in [0.2, 0.25) is 13.1 Å². The Kier molecular flexibility index (Phi) is 4.07. The maximum Gasteiger partial charge on any atom is 0.0722 e. The third-order valence-corrected chi connectivity index (χ3v) is 12.7. The van der Waals surface area contributed by atoms with Crippen molar-refractivity contribution in [3.8, 4) is 0 Å². The van der Waals surface area contributed by atoms with Gasteiger partial charge in [-0.1, -0.05) is 72.8 Å². The summed E-state index contributed by atoms with van der Waals surface area (Å²) in [7, 11) is -1.67. The summed E-state index contributed by atoms with van der Waals surface area (Å²) in [6.45, 7) is 5.45. The molecule has 0 radical (unpaired) electrons. The smallest absolute Gasteiger partial charge is 0.0679 e. The molecule has 148 valence electrons. The Balaban J connectivity index is 1.54. The van der Waals surface area contributed by atoms with Crippen LogP contribution in [0.4, 0.5) is 0 Å². The maximum atomic E-state index is 2.73. The highest BCUT2D eigenvalue weighted by Crippen LogP contribution is 2.59. The molecule has 2 atom stereocenters. The van der Waals surface area contributed by atoms with E-state index in [9.17, 15) is 0 Å². The molecule has 0 amide bonds. The molecule has 0 saturated heterocycles. The lowest BCUT2D eigenvalue weighted by molar-refractivity contribution is 0.690. The van der Waals surface area contributed by atoms with Crippen molar-refractivity contribution in [2.75, 3.05) is 0 Å². The highest BCUT2D eigenvalue weighted by Gasteiger charge is 2.50. The molecule has 0 bridgehead atoms. The van der Waals surface area contributed by atoms with Crippen LogP contribution in [0.3, 0.4) is 0 Å². The van der Waals surface area contributed by atoms with E-state index in [-0.39, 0.29) is 0 Å². The number of rotatable bonds is 2. The molecule has 2 unspecified atom stereocenters. The van der Waals surface area contributed by atoms with Gasteiger partial charge in [-0.3, -0.25) is 0 Å². The summed E-state index contributed by atoms with van der Waals surface area (Å²) in [5, 5.41) is 0. The van der Waals surface area contributed by atoms with Gasteiger partial charge in [0.15, 0.2) is 0 Å². The molecule has 0 fully saturated rings. The predicted octanol–water partition coefficient (Wildman–Crippen LogP) is 8.02.